The van der Waals surface area contributed by atoms with Gasteiger partial charge in [-0.1, -0.05) is 19.9 Å². The molecule has 1 aliphatic carbocycles. The van der Waals surface area contributed by atoms with E-state index in [4.69, 9.17) is 38.6 Å². The first-order valence-electron chi connectivity index (χ1n) is 16.9. The largest absolute Gasteiger partial charge is 0.508 e. The summed E-state index contributed by atoms with van der Waals surface area (Å²) < 4.78 is 40.0. The number of isothiocyanates is 1. The number of hydrogen-bond donors (Lipinski definition) is 6. The number of nitrogens with one attached hydrogen (secondary N) is 1. The zero-order valence-electron chi connectivity index (χ0n) is 30.7. The quantitative estimate of drug-likeness (QED) is 0.0458. The Morgan fingerprint density at radius 2 is 1.81 bits per heavy atom. The van der Waals surface area contributed by atoms with Crippen LogP contribution in [0.2, 0.25) is 0 Å². The molecule has 2 fully saturated rings. The number of thiocarbonyl (C=S) groups is 1. The lowest BCUT2D eigenvalue weighted by atomic mass is 9.74. The van der Waals surface area contributed by atoms with Crippen LogP contribution in [0.25, 0.3) is 0 Å². The molecule has 11 atom stereocenters. The van der Waals surface area contributed by atoms with Crippen molar-refractivity contribution < 1.29 is 82.7 Å². The van der Waals surface area contributed by atoms with Crippen molar-refractivity contribution >= 4 is 52.8 Å². The van der Waals surface area contributed by atoms with Crippen LogP contribution in [0.5, 0.6) is 0 Å². The Hall–Kier alpha value is -3.98. The lowest BCUT2D eigenvalue weighted by molar-refractivity contribution is -0.345. The van der Waals surface area contributed by atoms with Gasteiger partial charge in [0, 0.05) is 26.9 Å². The highest BCUT2D eigenvalue weighted by Crippen LogP contribution is 2.42. The standard InChI is InChI=1S/C34H46N2O17S/c1-8-18(36-13-54)32(44)53-27-20(12-48-17(6)37)51-30(33(45)11-19(38)25(35)24(29(33)41)31(42)43)26(40)28(27)52-23-10-21(47-7)34(46,16(5)50-23)15(4)49-22(39)9-14(2)3/h8,14-16,20-21,23,26-28,30,35,40-41,45-46H,9-12H2,1-7H3,(H,42,43)/b18-8-,35-25?/t15-,16+,20-,21+,23+,26+,27-,28-,30-,33+,34-/m0/s1. The Kier molecular flexibility index (Phi) is 14.9. The van der Waals surface area contributed by atoms with Crippen molar-refractivity contribution in [1.82, 2.24) is 0 Å². The van der Waals surface area contributed by atoms with Gasteiger partial charge in [-0.2, -0.15) is 4.99 Å². The minimum absolute atomic E-state index is 0.0351. The van der Waals surface area contributed by atoms with Crippen molar-refractivity contribution in [2.75, 3.05) is 13.7 Å². The first-order chi connectivity index (χ1) is 25.2. The summed E-state index contributed by atoms with van der Waals surface area (Å²) in [6.45, 7) is 8.21. The number of carboxylic acids is 1. The third-order valence-corrected chi connectivity index (χ3v) is 9.44. The number of aliphatic carboxylic acids is 1. The number of aliphatic hydroxyl groups is 4. The molecule has 300 valence electrons. The van der Waals surface area contributed by atoms with Crippen LogP contribution in [-0.4, -0.2) is 146 Å². The maximum atomic E-state index is 13.3. The molecule has 0 spiro atoms. The minimum Gasteiger partial charge on any atom is -0.508 e. The summed E-state index contributed by atoms with van der Waals surface area (Å²) in [5, 5.41) is 66.1. The molecule has 20 heteroatoms. The van der Waals surface area contributed by atoms with Crippen LogP contribution < -0.4 is 0 Å². The van der Waals surface area contributed by atoms with Crippen LogP contribution in [0.4, 0.5) is 0 Å². The summed E-state index contributed by atoms with van der Waals surface area (Å²) in [5.41, 5.74) is -7.73. The molecule has 6 N–H and O–H groups in total. The number of aliphatic imine (C=N–C) groups is 1. The fourth-order valence-electron chi connectivity index (χ4n) is 6.58. The molecule has 2 aliphatic heterocycles. The first-order valence-corrected chi connectivity index (χ1v) is 17.3. The van der Waals surface area contributed by atoms with Gasteiger partial charge >= 0.3 is 23.9 Å². The second-order valence-corrected chi connectivity index (χ2v) is 13.6. The van der Waals surface area contributed by atoms with Gasteiger partial charge in [0.15, 0.2) is 35.1 Å². The molecule has 2 heterocycles. The molecule has 0 aromatic rings. The van der Waals surface area contributed by atoms with Gasteiger partial charge in [0.2, 0.25) is 0 Å². The number of allylic oxidation sites excluding steroid dienone is 1. The van der Waals surface area contributed by atoms with Crippen molar-refractivity contribution in [1.29, 1.82) is 5.41 Å². The minimum atomic E-state index is -3.03. The van der Waals surface area contributed by atoms with Gasteiger partial charge in [-0.3, -0.25) is 19.8 Å². The average Bonchev–Trinajstić information content (AvgIpc) is 3.08. The van der Waals surface area contributed by atoms with E-state index in [0.717, 1.165) is 6.92 Å². The molecule has 0 saturated carbocycles. The van der Waals surface area contributed by atoms with Crippen LogP contribution in [0.3, 0.4) is 0 Å². The molecule has 0 unspecified atom stereocenters. The highest BCUT2D eigenvalue weighted by Gasteiger charge is 2.62. The molecule has 0 aromatic heterocycles. The van der Waals surface area contributed by atoms with E-state index in [1.165, 1.54) is 34.0 Å². The van der Waals surface area contributed by atoms with E-state index in [-0.39, 0.29) is 24.5 Å². The number of methoxy groups -OCH3 is 1. The van der Waals surface area contributed by atoms with E-state index in [1.54, 1.807) is 0 Å². The van der Waals surface area contributed by atoms with Crippen molar-refractivity contribution in [2.24, 2.45) is 10.9 Å². The molecule has 0 radical (unpaired) electrons. The monoisotopic (exact) mass is 786 g/mol. The van der Waals surface area contributed by atoms with E-state index in [9.17, 15) is 49.5 Å². The van der Waals surface area contributed by atoms with E-state index < -0.39 is 126 Å². The van der Waals surface area contributed by atoms with Crippen LogP contribution in [-0.2, 0) is 57.1 Å². The molecule has 3 aliphatic rings. The number of rotatable bonds is 14. The normalized spacial score (nSPS) is 33.8. The van der Waals surface area contributed by atoms with E-state index in [1.807, 2.05) is 19.0 Å². The molecule has 3 rings (SSSR count). The Balaban J connectivity index is 2.13. The second kappa shape index (κ2) is 18.1. The smallest absolute Gasteiger partial charge is 0.357 e. The Bertz CT molecular complexity index is 1610. The Morgan fingerprint density at radius 1 is 1.17 bits per heavy atom. The van der Waals surface area contributed by atoms with E-state index >= 15 is 0 Å². The lowest BCUT2D eigenvalue weighted by Gasteiger charge is -2.52. The Morgan fingerprint density at radius 3 is 2.35 bits per heavy atom. The van der Waals surface area contributed by atoms with Crippen LogP contribution in [0.15, 0.2) is 28.1 Å². The maximum Gasteiger partial charge on any atom is 0.357 e. The molecular weight excluding hydrogens is 740 g/mol. The zero-order valence-corrected chi connectivity index (χ0v) is 31.5. The SMILES string of the molecule is C/C=C(\N=C=S)C(=O)O[C@@H]1[C@@H](O[C@@H]2C[C@@H](OC)[C@](O)([C@H](C)OC(=O)CC(C)C)[C@@H](C)O2)[C@@H](O)[C@@H]([C@@]2(O)CC(=O)C(=N)C(C(=O)O)=C2O)O[C@H]1COC(C)=O. The Labute approximate surface area is 315 Å². The number of aliphatic hydroxyl groups excluding tert-OH is 2. The summed E-state index contributed by atoms with van der Waals surface area (Å²) in [5.74, 6) is -7.22. The topological polar surface area (TPSA) is 287 Å². The average molecular weight is 787 g/mol. The second-order valence-electron chi connectivity index (χ2n) is 13.4. The number of ether oxygens (including phenoxy) is 7. The van der Waals surface area contributed by atoms with Gasteiger partial charge in [0.05, 0.1) is 23.8 Å². The molecular formula is C34H46N2O17S. The molecule has 54 heavy (non-hydrogen) atoms. The third kappa shape index (κ3) is 9.27. The summed E-state index contributed by atoms with van der Waals surface area (Å²) in [7, 11) is 1.27. The van der Waals surface area contributed by atoms with Crippen molar-refractivity contribution in [3.8, 4) is 0 Å². The molecule has 0 aromatic carbocycles. The number of Topliss-reactive ketones (excluding diaryl/α,β-unsaturated/α-hetero) is 1. The van der Waals surface area contributed by atoms with Gasteiger partial charge in [-0.15, -0.1) is 0 Å². The summed E-state index contributed by atoms with van der Waals surface area (Å²) in [6, 6.07) is 0. The van der Waals surface area contributed by atoms with Gasteiger partial charge < -0.3 is 58.7 Å². The fourth-order valence-corrected chi connectivity index (χ4v) is 6.68. The molecule has 19 nitrogen and oxygen atoms in total. The first kappa shape index (κ1) is 44.4. The van der Waals surface area contributed by atoms with Crippen molar-refractivity contribution in [3.05, 3.63) is 23.1 Å². The van der Waals surface area contributed by atoms with Gasteiger partial charge in [0.1, 0.15) is 54.2 Å². The number of hydrogen-bond acceptors (Lipinski definition) is 19. The predicted octanol–water partition coefficient (Wildman–Crippen LogP) is 0.461. The number of ketones is 1. The maximum absolute atomic E-state index is 13.3. The summed E-state index contributed by atoms with van der Waals surface area (Å²) in [4.78, 5) is 66.2. The van der Waals surface area contributed by atoms with Crippen LogP contribution in [0.1, 0.15) is 60.8 Å². The number of carbonyl (C=O) groups excluding carboxylic acids is 4. The van der Waals surface area contributed by atoms with Crippen LogP contribution >= 0.6 is 12.2 Å². The number of nitrogens with zero attached hydrogens (tertiary/aromatic N) is 1. The van der Waals surface area contributed by atoms with Gasteiger partial charge in [0.25, 0.3) is 0 Å². The van der Waals surface area contributed by atoms with Gasteiger partial charge in [-0.05, 0) is 38.9 Å². The third-order valence-electron chi connectivity index (χ3n) is 9.35. The highest BCUT2D eigenvalue weighted by atomic mass is 32.1. The zero-order chi connectivity index (χ0) is 40.9. The molecule has 0 amide bonds. The van der Waals surface area contributed by atoms with Crippen molar-refractivity contribution in [2.45, 2.75) is 127 Å². The molecule has 0 bridgehead atoms. The molecule has 2 saturated heterocycles. The van der Waals surface area contributed by atoms with E-state index in [2.05, 4.69) is 17.2 Å². The van der Waals surface area contributed by atoms with E-state index in [0.29, 0.717) is 0 Å². The predicted molar refractivity (Wildman–Crippen MR) is 184 cm³/mol. The van der Waals surface area contributed by atoms with Crippen molar-refractivity contribution in [3.63, 3.8) is 0 Å². The summed E-state index contributed by atoms with van der Waals surface area (Å²) in [6.07, 6.45) is -14.9. The van der Waals surface area contributed by atoms with Crippen LogP contribution in [0, 0.1) is 11.3 Å². The number of carbonyl (C=O) groups is 5. The number of carboxylic acid groups (broad SMARTS) is 1. The van der Waals surface area contributed by atoms with Gasteiger partial charge in [-0.25, -0.2) is 9.59 Å². The lowest BCUT2D eigenvalue weighted by Crippen LogP contribution is -2.70. The summed E-state index contributed by atoms with van der Waals surface area (Å²) >= 11 is 4.60. The number of esters is 3. The highest BCUT2D eigenvalue weighted by molar-refractivity contribution is 7.78. The fraction of sp³-hybridized carbons (Fsp3) is 0.676.